The average molecular weight is 373 g/mol. The summed E-state index contributed by atoms with van der Waals surface area (Å²) in [5, 5.41) is 3.15. The number of anilines is 1. The number of nitrogens with zero attached hydrogens (tertiary/aromatic N) is 3. The molecule has 0 bridgehead atoms. The molecule has 27 heavy (non-hydrogen) atoms. The van der Waals surface area contributed by atoms with Crippen LogP contribution in [-0.2, 0) is 9.59 Å². The van der Waals surface area contributed by atoms with Gasteiger partial charge in [-0.25, -0.2) is 0 Å². The number of piperazine rings is 1. The van der Waals surface area contributed by atoms with E-state index in [0.717, 1.165) is 52.1 Å². The van der Waals surface area contributed by atoms with E-state index >= 15 is 0 Å². The minimum Gasteiger partial charge on any atom is -0.369 e. The van der Waals surface area contributed by atoms with Gasteiger partial charge in [0.2, 0.25) is 11.8 Å². The molecule has 0 aliphatic carbocycles. The van der Waals surface area contributed by atoms with Crippen LogP contribution in [0.5, 0.6) is 0 Å². The van der Waals surface area contributed by atoms with Crippen molar-refractivity contribution < 1.29 is 9.59 Å². The van der Waals surface area contributed by atoms with Crippen LogP contribution in [0, 0.1) is 13.8 Å². The predicted octanol–water partition coefficient (Wildman–Crippen LogP) is 1.55. The summed E-state index contributed by atoms with van der Waals surface area (Å²) in [6.45, 7) is 11.6. The molecule has 6 nitrogen and oxygen atoms in total. The van der Waals surface area contributed by atoms with Gasteiger partial charge >= 0.3 is 0 Å². The SMILES string of the molecule is CC(=O)N1CCC(NC(=O)CN2CCN(c3cccc(C)c3C)CC2)CC1. The molecule has 1 aromatic rings. The van der Waals surface area contributed by atoms with Gasteiger partial charge in [-0.15, -0.1) is 0 Å². The number of hydrogen-bond donors (Lipinski definition) is 1. The summed E-state index contributed by atoms with van der Waals surface area (Å²) in [4.78, 5) is 30.3. The lowest BCUT2D eigenvalue weighted by Gasteiger charge is -2.37. The van der Waals surface area contributed by atoms with Gasteiger partial charge in [-0.2, -0.15) is 0 Å². The average Bonchev–Trinajstić information content (AvgIpc) is 2.65. The summed E-state index contributed by atoms with van der Waals surface area (Å²) in [5.74, 6) is 0.234. The molecule has 1 N–H and O–H groups in total. The Morgan fingerprint density at radius 3 is 2.33 bits per heavy atom. The van der Waals surface area contributed by atoms with Gasteiger partial charge in [0.25, 0.3) is 0 Å². The predicted molar refractivity (Wildman–Crippen MR) is 108 cm³/mol. The number of likely N-dealkylation sites (tertiary alicyclic amines) is 1. The van der Waals surface area contributed by atoms with E-state index in [2.05, 4.69) is 47.2 Å². The maximum absolute atomic E-state index is 12.4. The molecular weight excluding hydrogens is 340 g/mol. The first kappa shape index (κ1) is 19.7. The fourth-order valence-electron chi connectivity index (χ4n) is 4.04. The molecule has 6 heteroatoms. The smallest absolute Gasteiger partial charge is 0.234 e. The molecule has 2 aliphatic heterocycles. The first-order valence-corrected chi connectivity index (χ1v) is 10.0. The molecule has 1 aromatic carbocycles. The summed E-state index contributed by atoms with van der Waals surface area (Å²) in [6.07, 6.45) is 1.71. The van der Waals surface area contributed by atoms with Crippen LogP contribution in [0.15, 0.2) is 18.2 Å². The molecule has 0 atom stereocenters. The minimum atomic E-state index is 0.108. The van der Waals surface area contributed by atoms with Gasteiger partial charge in [-0.1, -0.05) is 12.1 Å². The van der Waals surface area contributed by atoms with Crippen LogP contribution in [-0.4, -0.2) is 73.5 Å². The highest BCUT2D eigenvalue weighted by Crippen LogP contribution is 2.23. The first-order chi connectivity index (χ1) is 12.9. The van der Waals surface area contributed by atoms with E-state index < -0.39 is 0 Å². The van der Waals surface area contributed by atoms with Crippen molar-refractivity contribution in [1.29, 1.82) is 0 Å². The zero-order valence-corrected chi connectivity index (χ0v) is 16.8. The lowest BCUT2D eigenvalue weighted by Crippen LogP contribution is -2.52. The molecule has 3 rings (SSSR count). The molecule has 148 valence electrons. The van der Waals surface area contributed by atoms with Gasteiger partial charge in [0.15, 0.2) is 0 Å². The monoisotopic (exact) mass is 372 g/mol. The van der Waals surface area contributed by atoms with Crippen LogP contribution in [0.2, 0.25) is 0 Å². The van der Waals surface area contributed by atoms with E-state index in [0.29, 0.717) is 6.54 Å². The molecule has 0 radical (unpaired) electrons. The summed E-state index contributed by atoms with van der Waals surface area (Å²) in [6, 6.07) is 6.66. The number of benzene rings is 1. The van der Waals surface area contributed by atoms with Crippen LogP contribution in [0.25, 0.3) is 0 Å². The number of amides is 2. The third kappa shape index (κ3) is 5.01. The van der Waals surface area contributed by atoms with E-state index in [1.807, 2.05) is 4.90 Å². The Balaban J connectivity index is 1.42. The van der Waals surface area contributed by atoms with Crippen molar-refractivity contribution in [3.05, 3.63) is 29.3 Å². The number of rotatable bonds is 4. The van der Waals surface area contributed by atoms with Crippen molar-refractivity contribution in [2.45, 2.75) is 39.7 Å². The van der Waals surface area contributed by atoms with Gasteiger partial charge < -0.3 is 15.1 Å². The second-order valence-electron chi connectivity index (χ2n) is 7.83. The molecule has 2 aliphatic rings. The molecule has 0 spiro atoms. The maximum atomic E-state index is 12.4. The third-order valence-corrected chi connectivity index (χ3v) is 5.96. The lowest BCUT2D eigenvalue weighted by molar-refractivity contribution is -0.130. The van der Waals surface area contributed by atoms with Gasteiger partial charge in [0, 0.05) is 57.9 Å². The van der Waals surface area contributed by atoms with Crippen molar-refractivity contribution in [1.82, 2.24) is 15.1 Å². The lowest BCUT2D eigenvalue weighted by atomic mass is 10.0. The Labute approximate surface area is 162 Å². The number of carbonyl (C=O) groups excluding carboxylic acids is 2. The molecule has 0 saturated carbocycles. The molecule has 2 heterocycles. The standard InChI is InChI=1S/C21H32N4O2/c1-16-5-4-6-20(17(16)2)25-13-11-23(12-14-25)15-21(27)22-19-7-9-24(10-8-19)18(3)26/h4-6,19H,7-15H2,1-3H3,(H,22,27). The maximum Gasteiger partial charge on any atom is 0.234 e. The fraction of sp³-hybridized carbons (Fsp3) is 0.619. The number of aryl methyl sites for hydroxylation is 1. The van der Waals surface area contributed by atoms with Crippen LogP contribution in [0.3, 0.4) is 0 Å². The second-order valence-corrected chi connectivity index (χ2v) is 7.83. The highest BCUT2D eigenvalue weighted by atomic mass is 16.2. The quantitative estimate of drug-likeness (QED) is 0.871. The summed E-state index contributed by atoms with van der Waals surface area (Å²) < 4.78 is 0. The molecule has 0 aromatic heterocycles. The topological polar surface area (TPSA) is 55.9 Å². The Kier molecular flexibility index (Phi) is 6.37. The summed E-state index contributed by atoms with van der Waals surface area (Å²) in [7, 11) is 0. The van der Waals surface area contributed by atoms with E-state index in [-0.39, 0.29) is 17.9 Å². The Hall–Kier alpha value is -2.08. The van der Waals surface area contributed by atoms with Crippen LogP contribution >= 0.6 is 0 Å². The summed E-state index contributed by atoms with van der Waals surface area (Å²) in [5.41, 5.74) is 3.99. The van der Waals surface area contributed by atoms with Crippen LogP contribution in [0.4, 0.5) is 5.69 Å². The van der Waals surface area contributed by atoms with Crippen LogP contribution < -0.4 is 10.2 Å². The normalized spacial score (nSPS) is 19.2. The second kappa shape index (κ2) is 8.74. The van der Waals surface area contributed by atoms with E-state index in [4.69, 9.17) is 0 Å². The Morgan fingerprint density at radius 2 is 1.70 bits per heavy atom. The van der Waals surface area contributed by atoms with Gasteiger partial charge in [0.05, 0.1) is 6.54 Å². The largest absolute Gasteiger partial charge is 0.369 e. The van der Waals surface area contributed by atoms with E-state index in [1.54, 1.807) is 6.92 Å². The zero-order valence-electron chi connectivity index (χ0n) is 16.8. The van der Waals surface area contributed by atoms with Gasteiger partial charge in [0.1, 0.15) is 0 Å². The summed E-state index contributed by atoms with van der Waals surface area (Å²) >= 11 is 0. The van der Waals surface area contributed by atoms with Gasteiger partial charge in [-0.3, -0.25) is 14.5 Å². The van der Waals surface area contributed by atoms with Crippen molar-refractivity contribution in [2.75, 3.05) is 50.7 Å². The third-order valence-electron chi connectivity index (χ3n) is 5.96. The number of nitrogens with one attached hydrogen (secondary N) is 1. The number of hydrogen-bond acceptors (Lipinski definition) is 4. The zero-order chi connectivity index (χ0) is 19.4. The fourth-order valence-corrected chi connectivity index (χ4v) is 4.04. The number of piperidine rings is 1. The first-order valence-electron chi connectivity index (χ1n) is 10.0. The molecule has 2 saturated heterocycles. The highest BCUT2D eigenvalue weighted by Gasteiger charge is 2.24. The Bertz CT molecular complexity index is 675. The molecule has 2 amide bonds. The number of carbonyl (C=O) groups is 2. The highest BCUT2D eigenvalue weighted by molar-refractivity contribution is 5.78. The van der Waals surface area contributed by atoms with E-state index in [9.17, 15) is 9.59 Å². The molecule has 0 unspecified atom stereocenters. The molecule has 2 fully saturated rings. The van der Waals surface area contributed by atoms with Crippen molar-refractivity contribution in [3.8, 4) is 0 Å². The van der Waals surface area contributed by atoms with Gasteiger partial charge in [-0.05, 0) is 43.9 Å². The molecular formula is C21H32N4O2. The van der Waals surface area contributed by atoms with Crippen molar-refractivity contribution >= 4 is 17.5 Å². The van der Waals surface area contributed by atoms with E-state index in [1.165, 1.54) is 16.8 Å². The van der Waals surface area contributed by atoms with Crippen LogP contribution in [0.1, 0.15) is 30.9 Å². The Morgan fingerprint density at radius 1 is 1.04 bits per heavy atom. The van der Waals surface area contributed by atoms with Crippen molar-refractivity contribution in [2.24, 2.45) is 0 Å². The van der Waals surface area contributed by atoms with Crippen molar-refractivity contribution in [3.63, 3.8) is 0 Å². The minimum absolute atomic E-state index is 0.108.